The maximum absolute atomic E-state index is 14.6. The van der Waals surface area contributed by atoms with Crippen molar-refractivity contribution < 1.29 is 73.6 Å². The van der Waals surface area contributed by atoms with Crippen molar-refractivity contribution in [2.24, 2.45) is 33.4 Å². The number of nitrogens with two attached hydrogens (primary N) is 1. The number of aromatic nitrogens is 1. The second-order valence-corrected chi connectivity index (χ2v) is 21.4. The van der Waals surface area contributed by atoms with Gasteiger partial charge in [0, 0.05) is 73.9 Å². The van der Waals surface area contributed by atoms with Crippen molar-refractivity contribution in [2.75, 3.05) is 58.5 Å². The predicted molar refractivity (Wildman–Crippen MR) is 281 cm³/mol. The zero-order chi connectivity index (χ0) is 58.7. The van der Waals surface area contributed by atoms with Crippen molar-refractivity contribution in [3.05, 3.63) is 101 Å². The maximum Gasteiger partial charge on any atom is 0.407 e. The largest absolute Gasteiger partial charge is 0.469 e. The number of aliphatic hydroxyl groups excluding tert-OH is 1. The van der Waals surface area contributed by atoms with Gasteiger partial charge in [0.25, 0.3) is 6.43 Å². The summed E-state index contributed by atoms with van der Waals surface area (Å²) in [7, 11) is 1.83. The van der Waals surface area contributed by atoms with Gasteiger partial charge in [-0.3, -0.25) is 29.7 Å². The van der Waals surface area contributed by atoms with Crippen LogP contribution in [0.2, 0.25) is 0 Å². The number of carbonyl (C=O) groups is 4. The number of alkyl halides is 8. The van der Waals surface area contributed by atoms with Crippen LogP contribution in [-0.4, -0.2) is 153 Å². The molecule has 16 nitrogen and oxygen atoms in total. The molecule has 3 aliphatic heterocycles. The van der Waals surface area contributed by atoms with E-state index < -0.39 is 103 Å². The quantitative estimate of drug-likeness (QED) is 0.0243. The Kier molecular flexibility index (Phi) is 20.9. The SMILES string of the molecule is COC(=O)C[C@H](C(=O)NN(Cc1ccc(C(N)=CC=NCC(F)F)cc1)C[C@H](O)[C@@H](CC(=O)[C@@H](NC(=O)OC)C(C)(C)C(F)(F)F)Cc1ccc(C#Cc2ccc(N3CC4CCC(C3)N4C3COC3)nc2)cc1)C(C)(C)C(F)(F)F. The molecule has 6 atom stereocenters. The van der Waals surface area contributed by atoms with E-state index in [9.17, 15) is 59.4 Å². The average Bonchev–Trinajstić information content (AvgIpc) is 3.70. The Balaban J connectivity index is 1.28. The van der Waals surface area contributed by atoms with Gasteiger partial charge in [0.05, 0.1) is 69.3 Å². The number of ether oxygens (including phenoxy) is 3. The van der Waals surface area contributed by atoms with Gasteiger partial charge in [0.15, 0.2) is 5.78 Å². The van der Waals surface area contributed by atoms with Crippen molar-refractivity contribution in [1.82, 2.24) is 25.6 Å². The number of pyridine rings is 1. The van der Waals surface area contributed by atoms with E-state index in [1.807, 2.05) is 17.4 Å². The Morgan fingerprint density at radius 1 is 0.850 bits per heavy atom. The lowest BCUT2D eigenvalue weighted by Crippen LogP contribution is -2.62. The van der Waals surface area contributed by atoms with Gasteiger partial charge in [-0.25, -0.2) is 23.6 Å². The number of aliphatic imine (C=N–C) groups is 1. The number of aliphatic hydroxyl groups is 1. The zero-order valence-electron chi connectivity index (χ0n) is 45.3. The topological polar surface area (TPSA) is 201 Å². The monoisotopic (exact) mass is 1130 g/mol. The number of Topliss-reactive ketones (excluding diaryl/α,β-unsaturated/α-hetero) is 1. The van der Waals surface area contributed by atoms with E-state index in [0.717, 1.165) is 84.3 Å². The van der Waals surface area contributed by atoms with E-state index in [2.05, 4.69) is 41.5 Å². The first-order valence-corrected chi connectivity index (χ1v) is 25.9. The van der Waals surface area contributed by atoms with Crippen LogP contribution < -0.4 is 21.4 Å². The van der Waals surface area contributed by atoms with Crippen molar-refractivity contribution >= 4 is 41.5 Å². The third kappa shape index (κ3) is 16.0. The number of benzene rings is 2. The Morgan fingerprint density at radius 2 is 1.45 bits per heavy atom. The van der Waals surface area contributed by atoms with E-state index in [1.165, 1.54) is 30.3 Å². The fourth-order valence-corrected chi connectivity index (χ4v) is 9.93. The first kappa shape index (κ1) is 62.5. The van der Waals surface area contributed by atoms with Crippen LogP contribution in [0.15, 0.2) is 77.9 Å². The Bertz CT molecular complexity index is 2710. The van der Waals surface area contributed by atoms with Crippen LogP contribution in [0.5, 0.6) is 0 Å². The Labute approximate surface area is 459 Å². The van der Waals surface area contributed by atoms with Crippen LogP contribution in [0.3, 0.4) is 0 Å². The van der Waals surface area contributed by atoms with Gasteiger partial charge in [0.2, 0.25) is 5.91 Å². The van der Waals surface area contributed by atoms with Gasteiger partial charge >= 0.3 is 24.4 Å². The van der Waals surface area contributed by atoms with Crippen LogP contribution in [0.4, 0.5) is 45.7 Å². The van der Waals surface area contributed by atoms with Crippen LogP contribution in [0.25, 0.3) is 5.70 Å². The normalized spacial score (nSPS) is 19.0. The number of anilines is 1. The number of hydrogen-bond acceptors (Lipinski definition) is 14. The molecule has 0 saturated carbocycles. The summed E-state index contributed by atoms with van der Waals surface area (Å²) in [6.45, 7) is 4.35. The number of halogens is 8. The standard InChI is InChI=1S/C56H68F8N8O8/c1-53(2,55(59,60)61)43(25-49(75)78-5)51(76)69-71(28-37-13-16-38(17-14-37)44(65)21-22-66-27-47(57)58)31-46(74)39(24-45(73)50(68-52(77)79-6)54(3,4)56(62,63)64)23-35-10-7-34(8-11-35)9-12-36-15-20-48(67-26-36)70-29-40-18-19-41(30-70)72(40)42-32-80-33-42/h7-8,10-11,13-17,20-22,26,39-43,46-47,50,74H,18-19,23-25,27-33,65H2,1-6H3,(H,68,77)(H,69,76)/t39-,40?,41?,43-,46+,50-/m1/s1. The van der Waals surface area contributed by atoms with E-state index in [4.69, 9.17) is 15.5 Å². The number of amides is 2. The molecular formula is C56H68F8N8O8. The minimum atomic E-state index is -5.05. The molecule has 0 radical (unpaired) electrons. The summed E-state index contributed by atoms with van der Waals surface area (Å²) in [5.74, 6) is 0.00749. The fraction of sp³-hybridized carbons (Fsp3) is 0.536. The van der Waals surface area contributed by atoms with Crippen LogP contribution >= 0.6 is 0 Å². The molecule has 2 aromatic carbocycles. The molecule has 3 aliphatic rings. The molecule has 1 aromatic heterocycles. The molecule has 5 N–H and O–H groups in total. The molecule has 2 bridgehead atoms. The summed E-state index contributed by atoms with van der Waals surface area (Å²) in [5.41, 5.74) is 5.32. The molecule has 6 rings (SSSR count). The molecule has 3 aromatic rings. The number of nitrogens with zero attached hydrogens (tertiary/aromatic N) is 5. The van der Waals surface area contributed by atoms with E-state index in [0.29, 0.717) is 59.8 Å². The number of ketones is 1. The van der Waals surface area contributed by atoms with Crippen LogP contribution in [-0.2, 0) is 41.6 Å². The molecule has 2 amide bonds. The third-order valence-electron chi connectivity index (χ3n) is 15.1. The number of rotatable bonds is 23. The van der Waals surface area contributed by atoms with Crippen molar-refractivity contribution in [1.29, 1.82) is 0 Å². The molecule has 436 valence electrons. The number of allylic oxidation sites excluding steroid dienone is 1. The molecule has 24 heteroatoms. The summed E-state index contributed by atoms with van der Waals surface area (Å²) in [6.07, 6.45) is -11.6. The number of nitrogens with one attached hydrogen (secondary N) is 2. The van der Waals surface area contributed by atoms with Crippen molar-refractivity contribution in [3.8, 4) is 11.8 Å². The summed E-state index contributed by atoms with van der Waals surface area (Å²) in [4.78, 5) is 66.5. The number of piperazine rings is 1. The fourth-order valence-electron chi connectivity index (χ4n) is 9.93. The number of esters is 1. The van der Waals surface area contributed by atoms with E-state index in [1.54, 1.807) is 30.5 Å². The van der Waals surface area contributed by atoms with Gasteiger partial charge < -0.3 is 35.3 Å². The lowest BCUT2D eigenvalue weighted by Gasteiger charge is -2.47. The van der Waals surface area contributed by atoms with Gasteiger partial charge in [-0.05, 0) is 86.1 Å². The van der Waals surface area contributed by atoms with Gasteiger partial charge in [-0.15, -0.1) is 0 Å². The molecule has 3 fully saturated rings. The number of methoxy groups -OCH3 is 2. The number of carbonyl (C=O) groups excluding carboxylic acids is 4. The highest BCUT2D eigenvalue weighted by atomic mass is 19.4. The first-order chi connectivity index (χ1) is 37.6. The molecule has 4 heterocycles. The highest BCUT2D eigenvalue weighted by Crippen LogP contribution is 2.46. The molecule has 0 spiro atoms. The molecule has 80 heavy (non-hydrogen) atoms. The highest BCUT2D eigenvalue weighted by molar-refractivity contribution is 5.89. The van der Waals surface area contributed by atoms with Crippen molar-refractivity contribution in [3.63, 3.8) is 0 Å². The van der Waals surface area contributed by atoms with Gasteiger partial charge in [0.1, 0.15) is 11.9 Å². The summed E-state index contributed by atoms with van der Waals surface area (Å²) < 4.78 is 127. The summed E-state index contributed by atoms with van der Waals surface area (Å²) >= 11 is 0. The second kappa shape index (κ2) is 26.7. The minimum Gasteiger partial charge on any atom is -0.469 e. The number of hydrazine groups is 1. The number of hydrogen-bond donors (Lipinski definition) is 4. The van der Waals surface area contributed by atoms with Crippen LogP contribution in [0.1, 0.15) is 81.2 Å². The first-order valence-electron chi connectivity index (χ1n) is 25.9. The van der Waals surface area contributed by atoms with Gasteiger partial charge in [-0.1, -0.05) is 62.1 Å². The molecule has 3 saturated heterocycles. The minimum absolute atomic E-state index is 0.116. The highest BCUT2D eigenvalue weighted by Gasteiger charge is 2.57. The van der Waals surface area contributed by atoms with Crippen molar-refractivity contribution in [2.45, 2.75) is 115 Å². The summed E-state index contributed by atoms with van der Waals surface area (Å²) in [5, 5.41) is 15.2. The molecule has 2 unspecified atom stereocenters. The van der Waals surface area contributed by atoms with E-state index in [-0.39, 0.29) is 18.7 Å². The lowest BCUT2D eigenvalue weighted by molar-refractivity contribution is -0.231. The van der Waals surface area contributed by atoms with E-state index >= 15 is 0 Å². The second-order valence-electron chi connectivity index (χ2n) is 21.4. The maximum atomic E-state index is 14.6. The third-order valence-corrected chi connectivity index (χ3v) is 15.1. The smallest absolute Gasteiger partial charge is 0.407 e. The Morgan fingerprint density at radius 3 is 1.99 bits per heavy atom. The average molecular weight is 1130 g/mol. The lowest BCUT2D eigenvalue weighted by atomic mass is 9.75. The number of alkyl carbamates (subject to hydrolysis) is 1. The predicted octanol–water partition coefficient (Wildman–Crippen LogP) is 7.26. The summed E-state index contributed by atoms with van der Waals surface area (Å²) in [6, 6.07) is 15.5. The van der Waals surface area contributed by atoms with Crippen LogP contribution in [0, 0.1) is 34.5 Å². The molecular weight excluding hydrogens is 1060 g/mol. The molecule has 0 aliphatic carbocycles. The number of fused-ring (bicyclic) bond motifs is 2. The Hall–Kier alpha value is -6.68. The zero-order valence-corrected chi connectivity index (χ0v) is 45.3. The van der Waals surface area contributed by atoms with Gasteiger partial charge in [-0.2, -0.15) is 26.3 Å².